The van der Waals surface area contributed by atoms with E-state index in [9.17, 15) is 9.90 Å². The highest BCUT2D eigenvalue weighted by Crippen LogP contribution is 2.41. The molecule has 62 valence electrons. The summed E-state index contributed by atoms with van der Waals surface area (Å²) < 4.78 is 0. The quantitative estimate of drug-likeness (QED) is 0.559. The first kappa shape index (κ1) is 8.11. The molecule has 0 bridgehead atoms. The lowest BCUT2D eigenvalue weighted by atomic mass is 9.82. The van der Waals surface area contributed by atoms with E-state index in [0.29, 0.717) is 0 Å². The highest BCUT2D eigenvalue weighted by Gasteiger charge is 2.45. The third-order valence-corrected chi connectivity index (χ3v) is 2.54. The van der Waals surface area contributed by atoms with Crippen LogP contribution in [0.1, 0.15) is 20.8 Å². The van der Waals surface area contributed by atoms with Gasteiger partial charge in [0.15, 0.2) is 5.76 Å². The van der Waals surface area contributed by atoms with Crippen LogP contribution in [0.3, 0.4) is 0 Å². The molecule has 0 aliphatic heterocycles. The number of aliphatic hydroxyl groups excluding tert-OH is 2. The predicted molar refractivity (Wildman–Crippen MR) is 40.2 cm³/mol. The van der Waals surface area contributed by atoms with Crippen molar-refractivity contribution < 1.29 is 15.0 Å². The number of rotatable bonds is 0. The SMILES string of the molecule is CC1C(=O)C(O)=C(O)C1(C)C. The van der Waals surface area contributed by atoms with Crippen molar-refractivity contribution in [1.29, 1.82) is 0 Å². The van der Waals surface area contributed by atoms with Gasteiger partial charge in [0.05, 0.1) is 0 Å². The second-order valence-corrected chi connectivity index (χ2v) is 3.50. The van der Waals surface area contributed by atoms with Gasteiger partial charge >= 0.3 is 0 Å². The molecule has 0 aromatic rings. The topological polar surface area (TPSA) is 57.5 Å². The number of allylic oxidation sites excluding steroid dienone is 2. The molecule has 0 fully saturated rings. The molecular weight excluding hydrogens is 144 g/mol. The molecule has 0 saturated heterocycles. The van der Waals surface area contributed by atoms with Gasteiger partial charge in [-0.05, 0) is 0 Å². The average molecular weight is 156 g/mol. The van der Waals surface area contributed by atoms with E-state index in [1.54, 1.807) is 20.8 Å². The Balaban J connectivity index is 3.16. The van der Waals surface area contributed by atoms with Crippen molar-refractivity contribution in [3.8, 4) is 0 Å². The van der Waals surface area contributed by atoms with Crippen LogP contribution < -0.4 is 0 Å². The molecule has 11 heavy (non-hydrogen) atoms. The van der Waals surface area contributed by atoms with E-state index in [2.05, 4.69) is 0 Å². The van der Waals surface area contributed by atoms with Crippen molar-refractivity contribution in [2.75, 3.05) is 0 Å². The van der Waals surface area contributed by atoms with Crippen molar-refractivity contribution in [3.05, 3.63) is 11.5 Å². The first-order chi connectivity index (χ1) is 4.89. The van der Waals surface area contributed by atoms with E-state index >= 15 is 0 Å². The van der Waals surface area contributed by atoms with Crippen LogP contribution in [0.5, 0.6) is 0 Å². The Hall–Kier alpha value is -0.990. The van der Waals surface area contributed by atoms with E-state index in [4.69, 9.17) is 5.11 Å². The molecule has 1 unspecified atom stereocenters. The summed E-state index contributed by atoms with van der Waals surface area (Å²) in [5, 5.41) is 18.3. The maximum Gasteiger partial charge on any atom is 0.204 e. The number of carbonyl (C=O) groups excluding carboxylic acids is 1. The molecule has 0 heterocycles. The van der Waals surface area contributed by atoms with Crippen LogP contribution >= 0.6 is 0 Å². The zero-order valence-electron chi connectivity index (χ0n) is 6.88. The highest BCUT2D eigenvalue weighted by molar-refractivity contribution is 5.98. The minimum Gasteiger partial charge on any atom is -0.508 e. The fraction of sp³-hybridized carbons (Fsp3) is 0.625. The molecule has 1 aliphatic carbocycles. The molecule has 0 saturated carbocycles. The Morgan fingerprint density at radius 3 is 1.91 bits per heavy atom. The fourth-order valence-corrected chi connectivity index (χ4v) is 1.16. The summed E-state index contributed by atoms with van der Waals surface area (Å²) in [6.45, 7) is 5.16. The summed E-state index contributed by atoms with van der Waals surface area (Å²) in [5.74, 6) is -1.35. The van der Waals surface area contributed by atoms with Gasteiger partial charge in [-0.25, -0.2) is 0 Å². The smallest absolute Gasteiger partial charge is 0.204 e. The molecular formula is C8H12O3. The molecule has 2 N–H and O–H groups in total. The van der Waals surface area contributed by atoms with Gasteiger partial charge in [-0.15, -0.1) is 0 Å². The summed E-state index contributed by atoms with van der Waals surface area (Å²) in [4.78, 5) is 11.1. The summed E-state index contributed by atoms with van der Waals surface area (Å²) in [7, 11) is 0. The zero-order valence-corrected chi connectivity index (χ0v) is 6.88. The predicted octanol–water partition coefficient (Wildman–Crippen LogP) is 1.56. The minimum atomic E-state index is -0.610. The van der Waals surface area contributed by atoms with Crippen LogP contribution in [-0.4, -0.2) is 16.0 Å². The van der Waals surface area contributed by atoms with Gasteiger partial charge < -0.3 is 10.2 Å². The van der Waals surface area contributed by atoms with Crippen molar-refractivity contribution in [2.24, 2.45) is 11.3 Å². The van der Waals surface area contributed by atoms with Crippen LogP contribution in [-0.2, 0) is 4.79 Å². The van der Waals surface area contributed by atoms with E-state index in [-0.39, 0.29) is 17.5 Å². The first-order valence-electron chi connectivity index (χ1n) is 3.56. The molecule has 1 rings (SSSR count). The van der Waals surface area contributed by atoms with Gasteiger partial charge in [0.1, 0.15) is 5.76 Å². The highest BCUT2D eigenvalue weighted by atomic mass is 16.3. The molecule has 1 atom stereocenters. The molecule has 3 nitrogen and oxygen atoms in total. The van der Waals surface area contributed by atoms with Gasteiger partial charge in [0.25, 0.3) is 0 Å². The molecule has 0 amide bonds. The third-order valence-electron chi connectivity index (χ3n) is 2.54. The molecule has 1 aliphatic rings. The first-order valence-corrected chi connectivity index (χ1v) is 3.56. The largest absolute Gasteiger partial charge is 0.508 e. The van der Waals surface area contributed by atoms with Crippen LogP contribution in [0.2, 0.25) is 0 Å². The molecule has 3 heteroatoms. The Kier molecular flexibility index (Phi) is 1.47. The Morgan fingerprint density at radius 1 is 1.36 bits per heavy atom. The molecule has 0 aromatic heterocycles. The Labute approximate surface area is 65.3 Å². The monoisotopic (exact) mass is 156 g/mol. The zero-order chi connectivity index (χ0) is 8.81. The number of carbonyl (C=O) groups is 1. The fourth-order valence-electron chi connectivity index (χ4n) is 1.16. The molecule has 0 aromatic carbocycles. The summed E-state index contributed by atoms with van der Waals surface area (Å²) in [5.41, 5.74) is -0.610. The van der Waals surface area contributed by atoms with Crippen LogP contribution in [0, 0.1) is 11.3 Å². The lowest BCUT2D eigenvalue weighted by molar-refractivity contribution is -0.121. The maximum absolute atomic E-state index is 11.1. The van der Waals surface area contributed by atoms with E-state index < -0.39 is 11.2 Å². The van der Waals surface area contributed by atoms with Gasteiger partial charge in [-0.2, -0.15) is 0 Å². The van der Waals surface area contributed by atoms with Crippen molar-refractivity contribution in [3.63, 3.8) is 0 Å². The van der Waals surface area contributed by atoms with Crippen molar-refractivity contribution >= 4 is 5.78 Å². The minimum absolute atomic E-state index is 0.185. The molecule has 0 radical (unpaired) electrons. The number of aliphatic hydroxyl groups is 2. The Bertz CT molecular complexity index is 238. The van der Waals surface area contributed by atoms with Crippen molar-refractivity contribution in [2.45, 2.75) is 20.8 Å². The lowest BCUT2D eigenvalue weighted by Crippen LogP contribution is -2.22. The van der Waals surface area contributed by atoms with Gasteiger partial charge in [-0.3, -0.25) is 4.79 Å². The van der Waals surface area contributed by atoms with Crippen LogP contribution in [0.25, 0.3) is 0 Å². The number of ketones is 1. The number of hydrogen-bond donors (Lipinski definition) is 2. The third kappa shape index (κ3) is 0.836. The number of Topliss-reactive ketones (excluding diaryl/α,β-unsaturated/α-hetero) is 1. The van der Waals surface area contributed by atoms with Crippen molar-refractivity contribution in [1.82, 2.24) is 0 Å². The van der Waals surface area contributed by atoms with Crippen LogP contribution in [0.15, 0.2) is 11.5 Å². The van der Waals surface area contributed by atoms with E-state index in [0.717, 1.165) is 0 Å². The van der Waals surface area contributed by atoms with Gasteiger partial charge in [0, 0.05) is 11.3 Å². The summed E-state index contributed by atoms with van der Waals surface area (Å²) in [6, 6.07) is 0. The van der Waals surface area contributed by atoms with E-state index in [1.807, 2.05) is 0 Å². The average Bonchev–Trinajstić information content (AvgIpc) is 2.06. The maximum atomic E-state index is 11.1. The van der Waals surface area contributed by atoms with Gasteiger partial charge in [-0.1, -0.05) is 20.8 Å². The standard InChI is InChI=1S/C8H12O3/c1-4-5(9)6(10)7(11)8(4,2)3/h4,10-11H,1-3H3. The van der Waals surface area contributed by atoms with E-state index in [1.165, 1.54) is 0 Å². The number of hydrogen-bond acceptors (Lipinski definition) is 3. The summed E-state index contributed by atoms with van der Waals surface area (Å²) in [6.07, 6.45) is 0. The van der Waals surface area contributed by atoms with Gasteiger partial charge in [0.2, 0.25) is 5.78 Å². The lowest BCUT2D eigenvalue weighted by Gasteiger charge is -2.21. The molecule has 0 spiro atoms. The second-order valence-electron chi connectivity index (χ2n) is 3.50. The normalized spacial score (nSPS) is 29.7. The second kappa shape index (κ2) is 2.00. The Morgan fingerprint density at radius 2 is 1.82 bits per heavy atom. The summed E-state index contributed by atoms with van der Waals surface area (Å²) >= 11 is 0. The van der Waals surface area contributed by atoms with Crippen LogP contribution in [0.4, 0.5) is 0 Å².